The lowest BCUT2D eigenvalue weighted by Gasteiger charge is -2.13. The fourth-order valence-electron chi connectivity index (χ4n) is 3.31. The number of nitrogens with zero attached hydrogens (tertiary/aromatic N) is 3. The highest BCUT2D eigenvalue weighted by molar-refractivity contribution is 6.06. The minimum atomic E-state index is -0.298. The molecule has 0 fully saturated rings. The molecule has 0 radical (unpaired) electrons. The quantitative estimate of drug-likeness (QED) is 0.342. The molecule has 1 amide bonds. The van der Waals surface area contributed by atoms with Crippen LogP contribution in [0, 0.1) is 6.92 Å². The van der Waals surface area contributed by atoms with Crippen molar-refractivity contribution >= 4 is 34.7 Å². The third kappa shape index (κ3) is 5.39. The zero-order chi connectivity index (χ0) is 23.9. The van der Waals surface area contributed by atoms with Crippen LogP contribution in [0.15, 0.2) is 72.9 Å². The number of methoxy groups -OCH3 is 2. The number of hydrogen-bond acceptors (Lipinski definition) is 8. The summed E-state index contributed by atoms with van der Waals surface area (Å²) in [7, 11) is 3.03. The molecule has 4 rings (SSSR count). The summed E-state index contributed by atoms with van der Waals surface area (Å²) in [5.74, 6) is 3.14. The number of pyridine rings is 1. The maximum Gasteiger partial charge on any atom is 0.259 e. The smallest absolute Gasteiger partial charge is 0.259 e. The largest absolute Gasteiger partial charge is 0.493 e. The molecule has 3 N–H and O–H groups in total. The molecule has 172 valence electrons. The van der Waals surface area contributed by atoms with Gasteiger partial charge in [0, 0.05) is 23.6 Å². The molecule has 34 heavy (non-hydrogen) atoms. The lowest BCUT2D eigenvalue weighted by Crippen LogP contribution is -2.13. The predicted octanol–water partition coefficient (Wildman–Crippen LogP) is 4.94. The Labute approximate surface area is 197 Å². The number of carbonyl (C=O) groups excluding carboxylic acids is 1. The van der Waals surface area contributed by atoms with Gasteiger partial charge in [-0.3, -0.25) is 4.79 Å². The summed E-state index contributed by atoms with van der Waals surface area (Å²) >= 11 is 0. The molecule has 0 aliphatic rings. The van der Waals surface area contributed by atoms with Gasteiger partial charge in [-0.15, -0.1) is 0 Å². The van der Waals surface area contributed by atoms with Crippen LogP contribution in [-0.4, -0.2) is 35.1 Å². The molecule has 0 aliphatic carbocycles. The van der Waals surface area contributed by atoms with Crippen molar-refractivity contribution in [1.29, 1.82) is 0 Å². The van der Waals surface area contributed by atoms with Gasteiger partial charge in [0.1, 0.15) is 23.3 Å². The Bertz CT molecular complexity index is 1280. The average Bonchev–Trinajstić information content (AvgIpc) is 2.85. The first-order valence-electron chi connectivity index (χ1n) is 10.5. The van der Waals surface area contributed by atoms with Gasteiger partial charge in [-0.05, 0) is 55.5 Å². The molecule has 0 bridgehead atoms. The highest BCUT2D eigenvalue weighted by atomic mass is 16.5. The number of amides is 1. The van der Waals surface area contributed by atoms with Crippen LogP contribution < -0.4 is 25.4 Å². The molecule has 0 atom stereocenters. The normalized spacial score (nSPS) is 10.3. The number of benzene rings is 2. The molecule has 0 saturated carbocycles. The molecule has 0 spiro atoms. The minimum absolute atomic E-state index is 0.298. The number of rotatable bonds is 8. The van der Waals surface area contributed by atoms with Crippen LogP contribution >= 0.6 is 0 Å². The number of carbonyl (C=O) groups is 1. The summed E-state index contributed by atoms with van der Waals surface area (Å²) in [5.41, 5.74) is 1.82. The predicted molar refractivity (Wildman–Crippen MR) is 132 cm³/mol. The minimum Gasteiger partial charge on any atom is -0.493 e. The van der Waals surface area contributed by atoms with Crippen molar-refractivity contribution in [3.05, 3.63) is 84.3 Å². The number of anilines is 5. The molecule has 2 aromatic heterocycles. The topological polar surface area (TPSA) is 110 Å². The van der Waals surface area contributed by atoms with E-state index in [1.54, 1.807) is 42.6 Å². The molecule has 2 heterocycles. The van der Waals surface area contributed by atoms with Gasteiger partial charge in [-0.2, -0.15) is 0 Å². The summed E-state index contributed by atoms with van der Waals surface area (Å²) in [6.07, 6.45) is 1.71. The van der Waals surface area contributed by atoms with Crippen LogP contribution in [0.3, 0.4) is 0 Å². The zero-order valence-corrected chi connectivity index (χ0v) is 19.0. The summed E-state index contributed by atoms with van der Waals surface area (Å²) in [6, 6.07) is 19.9. The average molecular weight is 457 g/mol. The van der Waals surface area contributed by atoms with Crippen LogP contribution in [0.2, 0.25) is 0 Å². The first kappa shape index (κ1) is 22.5. The van der Waals surface area contributed by atoms with E-state index in [-0.39, 0.29) is 5.91 Å². The third-order valence-electron chi connectivity index (χ3n) is 4.82. The van der Waals surface area contributed by atoms with E-state index in [4.69, 9.17) is 9.47 Å². The van der Waals surface area contributed by atoms with Gasteiger partial charge in [0.25, 0.3) is 5.91 Å². The summed E-state index contributed by atoms with van der Waals surface area (Å²) < 4.78 is 10.6. The van der Waals surface area contributed by atoms with Crippen molar-refractivity contribution in [2.45, 2.75) is 6.92 Å². The molecule has 9 heteroatoms. The van der Waals surface area contributed by atoms with E-state index in [0.29, 0.717) is 46.0 Å². The summed E-state index contributed by atoms with van der Waals surface area (Å²) in [5, 5.41) is 9.30. The molecule has 9 nitrogen and oxygen atoms in total. The molecule has 0 aliphatic heterocycles. The SMILES string of the molecule is COc1cccc(C(=O)Nc2ccc(Nc3cc(Nc4ccccn4)nc(C)n3)cc2)c1OC. The molecular formula is C25H24N6O3. The van der Waals surface area contributed by atoms with Crippen LogP contribution in [0.5, 0.6) is 11.5 Å². The van der Waals surface area contributed by atoms with Crippen molar-refractivity contribution in [3.63, 3.8) is 0 Å². The van der Waals surface area contributed by atoms with Crippen molar-refractivity contribution in [3.8, 4) is 11.5 Å². The Morgan fingerprint density at radius 1 is 0.794 bits per heavy atom. The van der Waals surface area contributed by atoms with Crippen LogP contribution in [0.4, 0.5) is 28.8 Å². The van der Waals surface area contributed by atoms with Crippen molar-refractivity contribution in [2.75, 3.05) is 30.2 Å². The lowest BCUT2D eigenvalue weighted by atomic mass is 10.1. The van der Waals surface area contributed by atoms with Gasteiger partial charge < -0.3 is 25.4 Å². The first-order valence-corrected chi connectivity index (χ1v) is 10.5. The summed E-state index contributed by atoms with van der Waals surface area (Å²) in [6.45, 7) is 1.82. The van der Waals surface area contributed by atoms with E-state index in [0.717, 1.165) is 5.69 Å². The fourth-order valence-corrected chi connectivity index (χ4v) is 3.31. The highest BCUT2D eigenvalue weighted by Gasteiger charge is 2.16. The van der Waals surface area contributed by atoms with Crippen LogP contribution in [-0.2, 0) is 0 Å². The van der Waals surface area contributed by atoms with E-state index < -0.39 is 0 Å². The van der Waals surface area contributed by atoms with Gasteiger partial charge in [0.2, 0.25) is 0 Å². The zero-order valence-electron chi connectivity index (χ0n) is 19.0. The van der Waals surface area contributed by atoms with E-state index in [9.17, 15) is 4.79 Å². The Hall–Kier alpha value is -4.66. The second kappa shape index (κ2) is 10.3. The van der Waals surface area contributed by atoms with Crippen molar-refractivity contribution in [2.24, 2.45) is 0 Å². The summed E-state index contributed by atoms with van der Waals surface area (Å²) in [4.78, 5) is 25.9. The maximum absolute atomic E-state index is 12.8. The molecule has 0 saturated heterocycles. The molecule has 4 aromatic rings. The van der Waals surface area contributed by atoms with Gasteiger partial charge in [-0.1, -0.05) is 12.1 Å². The Balaban J connectivity index is 1.45. The lowest BCUT2D eigenvalue weighted by molar-refractivity contribution is 0.102. The maximum atomic E-state index is 12.8. The van der Waals surface area contributed by atoms with Crippen molar-refractivity contribution in [1.82, 2.24) is 15.0 Å². The molecule has 2 aromatic carbocycles. The van der Waals surface area contributed by atoms with Gasteiger partial charge in [0.05, 0.1) is 19.8 Å². The highest BCUT2D eigenvalue weighted by Crippen LogP contribution is 2.31. The third-order valence-corrected chi connectivity index (χ3v) is 4.82. The second-order valence-electron chi connectivity index (χ2n) is 7.22. The van der Waals surface area contributed by atoms with Gasteiger partial charge in [-0.25, -0.2) is 15.0 Å². The number of nitrogens with one attached hydrogen (secondary N) is 3. The number of aryl methyl sites for hydroxylation is 1. The van der Waals surface area contributed by atoms with Gasteiger partial charge in [0.15, 0.2) is 11.5 Å². The van der Waals surface area contributed by atoms with Crippen LogP contribution in [0.1, 0.15) is 16.2 Å². The van der Waals surface area contributed by atoms with Gasteiger partial charge >= 0.3 is 0 Å². The first-order chi connectivity index (χ1) is 16.6. The standard InChI is InChI=1S/C25H24N6O3/c1-16-27-22(15-23(28-16)31-21-9-4-5-14-26-21)29-17-10-12-18(13-11-17)30-25(32)19-7-6-8-20(33-2)24(19)34-3/h4-15H,1-3H3,(H,30,32)(H2,26,27,28,29,31). The van der Waals surface area contributed by atoms with E-state index in [1.165, 1.54) is 14.2 Å². The number of hydrogen-bond donors (Lipinski definition) is 3. The van der Waals surface area contributed by atoms with E-state index in [1.807, 2.05) is 37.3 Å². The number of ether oxygens (including phenoxy) is 2. The van der Waals surface area contributed by atoms with E-state index in [2.05, 4.69) is 30.9 Å². The Morgan fingerprint density at radius 3 is 2.21 bits per heavy atom. The number of para-hydroxylation sites is 1. The van der Waals surface area contributed by atoms with Crippen molar-refractivity contribution < 1.29 is 14.3 Å². The van der Waals surface area contributed by atoms with Crippen LogP contribution in [0.25, 0.3) is 0 Å². The Kier molecular flexibility index (Phi) is 6.83. The molecule has 0 unspecified atom stereocenters. The monoisotopic (exact) mass is 456 g/mol. The fraction of sp³-hybridized carbons (Fsp3) is 0.120. The number of aromatic nitrogens is 3. The second-order valence-corrected chi connectivity index (χ2v) is 7.22. The Morgan fingerprint density at radius 2 is 1.53 bits per heavy atom. The molecular weight excluding hydrogens is 432 g/mol. The van der Waals surface area contributed by atoms with E-state index >= 15 is 0 Å².